The lowest BCUT2D eigenvalue weighted by molar-refractivity contribution is -0.133. The highest BCUT2D eigenvalue weighted by atomic mass is 35.5. The highest BCUT2D eigenvalue weighted by Gasteiger charge is 2.34. The summed E-state index contributed by atoms with van der Waals surface area (Å²) in [5.41, 5.74) is 0. The fraction of sp³-hybridized carbons (Fsp3) is 0.667. The van der Waals surface area contributed by atoms with Gasteiger partial charge in [0, 0.05) is 51.3 Å². The van der Waals surface area contributed by atoms with Crippen LogP contribution in [0.1, 0.15) is 12.8 Å². The number of carbonyl (C=O) groups is 2. The summed E-state index contributed by atoms with van der Waals surface area (Å²) in [6, 6.07) is 1.74. The molecule has 0 bridgehead atoms. The molecule has 10 heteroatoms. The lowest BCUT2D eigenvalue weighted by Crippen LogP contribution is -2.49. The summed E-state index contributed by atoms with van der Waals surface area (Å²) in [6.07, 6.45) is 2.06. The van der Waals surface area contributed by atoms with Gasteiger partial charge in [0.25, 0.3) is 0 Å². The standard InChI is InChI=1S/C18H24ClN5O3S/c19-14-11-15(22-3-5-24(6-4-22)17(26)13-1-2-13)21-18(20-14)28-12-16(25)23-7-9-27-10-8-23/h11,13H,1-10,12H2. The molecule has 2 amide bonds. The van der Waals surface area contributed by atoms with Gasteiger partial charge in [0.2, 0.25) is 11.8 Å². The molecule has 1 aliphatic carbocycles. The Balaban J connectivity index is 1.33. The van der Waals surface area contributed by atoms with Gasteiger partial charge in [-0.3, -0.25) is 9.59 Å². The maximum atomic E-state index is 12.3. The molecule has 3 fully saturated rings. The van der Waals surface area contributed by atoms with Crippen LogP contribution in [0.2, 0.25) is 5.15 Å². The lowest BCUT2D eigenvalue weighted by atomic mass is 10.2. The van der Waals surface area contributed by atoms with Gasteiger partial charge in [0.15, 0.2) is 5.16 Å². The first-order valence-corrected chi connectivity index (χ1v) is 11.0. The van der Waals surface area contributed by atoms with E-state index in [1.807, 2.05) is 4.90 Å². The first kappa shape index (κ1) is 19.7. The minimum Gasteiger partial charge on any atom is -0.378 e. The topological polar surface area (TPSA) is 78.9 Å². The van der Waals surface area contributed by atoms with Gasteiger partial charge in [0.1, 0.15) is 11.0 Å². The first-order valence-electron chi connectivity index (χ1n) is 9.67. The van der Waals surface area contributed by atoms with Crippen molar-refractivity contribution in [1.29, 1.82) is 0 Å². The number of halogens is 1. The molecule has 1 aromatic heterocycles. The van der Waals surface area contributed by atoms with Crippen molar-refractivity contribution in [2.45, 2.75) is 18.0 Å². The van der Waals surface area contributed by atoms with Crippen molar-refractivity contribution in [2.24, 2.45) is 5.92 Å². The van der Waals surface area contributed by atoms with E-state index in [1.165, 1.54) is 11.8 Å². The highest BCUT2D eigenvalue weighted by Crippen LogP contribution is 2.31. The Bertz CT molecular complexity index is 734. The van der Waals surface area contributed by atoms with Crippen molar-refractivity contribution in [1.82, 2.24) is 19.8 Å². The van der Waals surface area contributed by atoms with Crippen LogP contribution in [-0.2, 0) is 14.3 Å². The van der Waals surface area contributed by atoms with Crippen LogP contribution in [-0.4, -0.2) is 89.8 Å². The van der Waals surface area contributed by atoms with Crippen LogP contribution in [0.5, 0.6) is 0 Å². The summed E-state index contributed by atoms with van der Waals surface area (Å²) in [5.74, 6) is 1.64. The molecule has 3 aliphatic rings. The molecule has 0 spiro atoms. The van der Waals surface area contributed by atoms with Crippen LogP contribution in [0, 0.1) is 5.92 Å². The molecule has 0 N–H and O–H groups in total. The number of thioether (sulfide) groups is 1. The van der Waals surface area contributed by atoms with Gasteiger partial charge in [-0.05, 0) is 12.8 Å². The summed E-state index contributed by atoms with van der Waals surface area (Å²) < 4.78 is 5.28. The van der Waals surface area contributed by atoms with Crippen LogP contribution in [0.3, 0.4) is 0 Å². The summed E-state index contributed by atoms with van der Waals surface area (Å²) in [5, 5.41) is 0.864. The Morgan fingerprint density at radius 2 is 1.79 bits per heavy atom. The largest absolute Gasteiger partial charge is 0.378 e. The molecule has 152 valence electrons. The number of nitrogens with zero attached hydrogens (tertiary/aromatic N) is 5. The molecule has 4 rings (SSSR count). The number of hydrogen-bond acceptors (Lipinski definition) is 7. The van der Waals surface area contributed by atoms with Gasteiger partial charge in [-0.15, -0.1) is 0 Å². The van der Waals surface area contributed by atoms with Crippen LogP contribution >= 0.6 is 23.4 Å². The fourth-order valence-electron chi connectivity index (χ4n) is 3.39. The van der Waals surface area contributed by atoms with E-state index in [1.54, 1.807) is 11.0 Å². The molecule has 0 aromatic carbocycles. The summed E-state index contributed by atoms with van der Waals surface area (Å²) >= 11 is 7.50. The first-order chi connectivity index (χ1) is 13.6. The zero-order chi connectivity index (χ0) is 19.5. The third-order valence-electron chi connectivity index (χ3n) is 5.19. The fourth-order valence-corrected chi connectivity index (χ4v) is 4.37. The zero-order valence-corrected chi connectivity index (χ0v) is 17.3. The van der Waals surface area contributed by atoms with E-state index in [0.29, 0.717) is 55.6 Å². The van der Waals surface area contributed by atoms with Gasteiger partial charge >= 0.3 is 0 Å². The third kappa shape index (κ3) is 4.87. The number of aromatic nitrogens is 2. The maximum absolute atomic E-state index is 12.3. The Morgan fingerprint density at radius 3 is 2.46 bits per heavy atom. The quantitative estimate of drug-likeness (QED) is 0.397. The summed E-state index contributed by atoms with van der Waals surface area (Å²) in [6.45, 7) is 5.29. The van der Waals surface area contributed by atoms with Crippen molar-refractivity contribution in [3.63, 3.8) is 0 Å². The minimum absolute atomic E-state index is 0.0608. The molecule has 1 saturated carbocycles. The average Bonchev–Trinajstić information content (AvgIpc) is 3.57. The molecular formula is C18H24ClN5O3S. The molecule has 8 nitrogen and oxygen atoms in total. The molecule has 0 atom stereocenters. The molecule has 28 heavy (non-hydrogen) atoms. The number of anilines is 1. The number of ether oxygens (including phenoxy) is 1. The SMILES string of the molecule is O=C(CSc1nc(Cl)cc(N2CCN(C(=O)C3CC3)CC2)n1)N1CCOCC1. The number of piperazine rings is 1. The predicted molar refractivity (Wildman–Crippen MR) is 107 cm³/mol. The smallest absolute Gasteiger partial charge is 0.233 e. The Hall–Kier alpha value is -1.58. The van der Waals surface area contributed by atoms with Gasteiger partial charge in [-0.25, -0.2) is 9.97 Å². The van der Waals surface area contributed by atoms with E-state index in [0.717, 1.165) is 31.7 Å². The van der Waals surface area contributed by atoms with Gasteiger partial charge in [-0.2, -0.15) is 0 Å². The van der Waals surface area contributed by atoms with E-state index in [-0.39, 0.29) is 17.6 Å². The third-order valence-corrected chi connectivity index (χ3v) is 6.22. The number of rotatable bonds is 5. The molecule has 1 aromatic rings. The van der Waals surface area contributed by atoms with E-state index in [4.69, 9.17) is 16.3 Å². The van der Waals surface area contributed by atoms with Crippen LogP contribution < -0.4 is 4.90 Å². The Kier molecular flexibility index (Phi) is 6.22. The van der Waals surface area contributed by atoms with E-state index < -0.39 is 0 Å². The molecule has 0 radical (unpaired) electrons. The van der Waals surface area contributed by atoms with Gasteiger partial charge in [0.05, 0.1) is 19.0 Å². The van der Waals surface area contributed by atoms with E-state index in [2.05, 4.69) is 14.9 Å². The van der Waals surface area contributed by atoms with Crippen molar-refractivity contribution in [2.75, 3.05) is 63.1 Å². The Labute approximate surface area is 173 Å². The zero-order valence-electron chi connectivity index (χ0n) is 15.7. The predicted octanol–water partition coefficient (Wildman–Crippen LogP) is 1.14. The van der Waals surface area contributed by atoms with Crippen LogP contribution in [0.15, 0.2) is 11.2 Å². The molecule has 2 saturated heterocycles. The molecule has 2 aliphatic heterocycles. The van der Waals surface area contributed by atoms with Crippen LogP contribution in [0.25, 0.3) is 0 Å². The van der Waals surface area contributed by atoms with Crippen molar-refractivity contribution < 1.29 is 14.3 Å². The second kappa shape index (κ2) is 8.84. The Morgan fingerprint density at radius 1 is 1.07 bits per heavy atom. The number of morpholine rings is 1. The molecule has 0 unspecified atom stereocenters. The molecule has 3 heterocycles. The van der Waals surface area contributed by atoms with E-state index in [9.17, 15) is 9.59 Å². The number of carbonyl (C=O) groups excluding carboxylic acids is 2. The molecular weight excluding hydrogens is 402 g/mol. The van der Waals surface area contributed by atoms with Gasteiger partial charge in [-0.1, -0.05) is 23.4 Å². The van der Waals surface area contributed by atoms with Crippen molar-refractivity contribution in [3.8, 4) is 0 Å². The monoisotopic (exact) mass is 425 g/mol. The van der Waals surface area contributed by atoms with Gasteiger partial charge < -0.3 is 19.4 Å². The maximum Gasteiger partial charge on any atom is 0.233 e. The minimum atomic E-state index is 0.0608. The number of hydrogen-bond donors (Lipinski definition) is 0. The van der Waals surface area contributed by atoms with Crippen molar-refractivity contribution in [3.05, 3.63) is 11.2 Å². The second-order valence-corrected chi connectivity index (χ2v) is 8.53. The average molecular weight is 426 g/mol. The highest BCUT2D eigenvalue weighted by molar-refractivity contribution is 7.99. The summed E-state index contributed by atoms with van der Waals surface area (Å²) in [4.78, 5) is 39.2. The van der Waals surface area contributed by atoms with Crippen LogP contribution in [0.4, 0.5) is 5.82 Å². The normalized spacial score (nSPS) is 20.4. The van der Waals surface area contributed by atoms with E-state index >= 15 is 0 Å². The van der Waals surface area contributed by atoms with Crippen molar-refractivity contribution >= 4 is 41.0 Å². The second-order valence-electron chi connectivity index (χ2n) is 7.20. The lowest BCUT2D eigenvalue weighted by Gasteiger charge is -2.35. The number of amides is 2. The summed E-state index contributed by atoms with van der Waals surface area (Å²) in [7, 11) is 0.